The number of carbonyl (C=O) groups is 1. The van der Waals surface area contributed by atoms with Gasteiger partial charge in [-0.1, -0.05) is 0 Å². The largest absolute Gasteiger partial charge is 0.573 e. The Morgan fingerprint density at radius 3 is 2.88 bits per heavy atom. The van der Waals surface area contributed by atoms with Crippen molar-refractivity contribution in [1.29, 1.82) is 0 Å². The van der Waals surface area contributed by atoms with Crippen LogP contribution in [0.3, 0.4) is 0 Å². The molecular formula is C15H14F3N3O3. The van der Waals surface area contributed by atoms with E-state index in [4.69, 9.17) is 4.74 Å². The molecule has 1 aromatic carbocycles. The van der Waals surface area contributed by atoms with Crippen molar-refractivity contribution in [2.45, 2.75) is 19.2 Å². The number of aryl methyl sites for hydroxylation is 1. The summed E-state index contributed by atoms with van der Waals surface area (Å²) in [6, 6.07) is 3.61. The van der Waals surface area contributed by atoms with Gasteiger partial charge < -0.3 is 14.4 Å². The molecule has 0 saturated carbocycles. The fourth-order valence-electron chi connectivity index (χ4n) is 2.63. The van der Waals surface area contributed by atoms with Crippen LogP contribution in [0.15, 0.2) is 24.4 Å². The van der Waals surface area contributed by atoms with Gasteiger partial charge in [0, 0.05) is 6.54 Å². The first-order chi connectivity index (χ1) is 11.4. The van der Waals surface area contributed by atoms with Gasteiger partial charge in [-0.2, -0.15) is 5.10 Å². The number of anilines is 1. The molecule has 1 aliphatic rings. The van der Waals surface area contributed by atoms with E-state index in [1.54, 1.807) is 0 Å². The molecule has 1 N–H and O–H groups in total. The minimum atomic E-state index is -4.90. The molecule has 2 aromatic rings. The fourth-order valence-corrected chi connectivity index (χ4v) is 2.63. The number of amides is 1. The number of methoxy groups -OCH3 is 1. The van der Waals surface area contributed by atoms with Crippen LogP contribution in [0.25, 0.3) is 0 Å². The number of carbonyl (C=O) groups excluding carboxylic acids is 1. The molecule has 6 nitrogen and oxygen atoms in total. The maximum atomic E-state index is 12.8. The van der Waals surface area contributed by atoms with Crippen molar-refractivity contribution >= 4 is 11.6 Å². The van der Waals surface area contributed by atoms with Crippen LogP contribution in [-0.2, 0) is 6.42 Å². The number of ether oxygens (including phenoxy) is 2. The number of alkyl halides is 3. The molecule has 128 valence electrons. The Kier molecular flexibility index (Phi) is 4.08. The van der Waals surface area contributed by atoms with Gasteiger partial charge in [0.15, 0.2) is 0 Å². The second-order valence-corrected chi connectivity index (χ2v) is 5.20. The molecule has 1 aromatic heterocycles. The van der Waals surface area contributed by atoms with Gasteiger partial charge in [0.2, 0.25) is 0 Å². The number of H-pyrrole nitrogens is 1. The second-order valence-electron chi connectivity index (χ2n) is 5.20. The van der Waals surface area contributed by atoms with E-state index in [1.807, 2.05) is 0 Å². The quantitative estimate of drug-likeness (QED) is 0.932. The van der Waals surface area contributed by atoms with E-state index in [9.17, 15) is 18.0 Å². The maximum Gasteiger partial charge on any atom is 0.573 e. The summed E-state index contributed by atoms with van der Waals surface area (Å²) in [5.41, 5.74) is 1.11. The normalized spacial score (nSPS) is 14.2. The average Bonchev–Trinajstić information content (AvgIpc) is 3.01. The van der Waals surface area contributed by atoms with Crippen molar-refractivity contribution in [3.8, 4) is 11.5 Å². The van der Waals surface area contributed by atoms with E-state index < -0.39 is 18.0 Å². The van der Waals surface area contributed by atoms with E-state index >= 15 is 0 Å². The van der Waals surface area contributed by atoms with Crippen molar-refractivity contribution in [2.24, 2.45) is 0 Å². The molecule has 9 heteroatoms. The van der Waals surface area contributed by atoms with Gasteiger partial charge in [-0.15, -0.1) is 13.2 Å². The Labute approximate surface area is 135 Å². The summed E-state index contributed by atoms with van der Waals surface area (Å²) in [6.07, 6.45) is -2.01. The number of hydrogen-bond acceptors (Lipinski definition) is 4. The lowest BCUT2D eigenvalue weighted by Crippen LogP contribution is -2.35. The van der Waals surface area contributed by atoms with Crippen molar-refractivity contribution < 1.29 is 27.4 Å². The number of benzene rings is 1. The third-order valence-corrected chi connectivity index (χ3v) is 3.68. The van der Waals surface area contributed by atoms with E-state index in [2.05, 4.69) is 14.9 Å². The third-order valence-electron chi connectivity index (χ3n) is 3.68. The summed E-state index contributed by atoms with van der Waals surface area (Å²) >= 11 is 0. The van der Waals surface area contributed by atoms with Crippen LogP contribution in [0.5, 0.6) is 11.5 Å². The molecule has 0 aliphatic carbocycles. The van der Waals surface area contributed by atoms with Gasteiger partial charge in [0.1, 0.15) is 11.5 Å². The van der Waals surface area contributed by atoms with Crippen LogP contribution in [0.4, 0.5) is 18.9 Å². The highest BCUT2D eigenvalue weighted by atomic mass is 19.4. The minimum absolute atomic E-state index is 0.222. The molecular weight excluding hydrogens is 327 g/mol. The van der Waals surface area contributed by atoms with Crippen molar-refractivity contribution in [2.75, 3.05) is 18.6 Å². The van der Waals surface area contributed by atoms with Crippen LogP contribution in [0, 0.1) is 0 Å². The maximum absolute atomic E-state index is 12.8. The second kappa shape index (κ2) is 6.06. The standard InChI is InChI=1S/C15H14F3N3O3/c1-23-9-4-5-13(24-15(16,17)18)10(7-9)14(22)21-6-2-3-11-12(21)8-19-20-11/h4-5,7-8H,2-3,6H2,1H3,(H,19,20). The predicted octanol–water partition coefficient (Wildman–Crippen LogP) is 2.91. The van der Waals surface area contributed by atoms with E-state index in [-0.39, 0.29) is 11.3 Å². The number of nitrogens with one attached hydrogen (secondary N) is 1. The molecule has 0 bridgehead atoms. The number of rotatable bonds is 3. The molecule has 1 aliphatic heterocycles. The number of fused-ring (bicyclic) bond motifs is 1. The third kappa shape index (κ3) is 3.15. The Bertz CT molecular complexity index is 758. The summed E-state index contributed by atoms with van der Waals surface area (Å²) in [6.45, 7) is 0.383. The van der Waals surface area contributed by atoms with Crippen LogP contribution in [-0.4, -0.2) is 36.1 Å². The predicted molar refractivity (Wildman–Crippen MR) is 78.3 cm³/mol. The summed E-state index contributed by atoms with van der Waals surface area (Å²) in [7, 11) is 1.36. The Hall–Kier alpha value is -2.71. The molecule has 3 rings (SSSR count). The molecule has 0 unspecified atom stereocenters. The highest BCUT2D eigenvalue weighted by Crippen LogP contribution is 2.33. The first kappa shape index (κ1) is 16.2. The summed E-state index contributed by atoms with van der Waals surface area (Å²) in [5.74, 6) is -0.906. The zero-order valence-electron chi connectivity index (χ0n) is 12.7. The molecule has 1 amide bonds. The molecule has 0 saturated heterocycles. The van der Waals surface area contributed by atoms with Crippen LogP contribution < -0.4 is 14.4 Å². The topological polar surface area (TPSA) is 67.5 Å². The Morgan fingerprint density at radius 1 is 1.38 bits per heavy atom. The smallest absolute Gasteiger partial charge is 0.497 e. The first-order valence-electron chi connectivity index (χ1n) is 7.17. The monoisotopic (exact) mass is 341 g/mol. The van der Waals surface area contributed by atoms with Crippen molar-refractivity contribution in [3.05, 3.63) is 35.7 Å². The number of nitrogens with zero attached hydrogens (tertiary/aromatic N) is 2. The van der Waals surface area contributed by atoms with Crippen molar-refractivity contribution in [3.63, 3.8) is 0 Å². The zero-order valence-corrected chi connectivity index (χ0v) is 12.7. The van der Waals surface area contributed by atoms with Crippen LogP contribution in [0.2, 0.25) is 0 Å². The number of hydrogen-bond donors (Lipinski definition) is 1. The van der Waals surface area contributed by atoms with E-state index in [0.29, 0.717) is 18.7 Å². The number of halogens is 3. The Balaban J connectivity index is 2.00. The highest BCUT2D eigenvalue weighted by molar-refractivity contribution is 6.08. The number of aromatic amines is 1. The summed E-state index contributed by atoms with van der Waals surface area (Å²) < 4.78 is 46.8. The van der Waals surface area contributed by atoms with Gasteiger partial charge in [0.05, 0.1) is 30.3 Å². The first-order valence-corrected chi connectivity index (χ1v) is 7.17. The molecule has 0 radical (unpaired) electrons. The van der Waals surface area contributed by atoms with Gasteiger partial charge in [-0.25, -0.2) is 0 Å². The summed E-state index contributed by atoms with van der Waals surface area (Å²) in [5, 5.41) is 6.68. The van der Waals surface area contributed by atoms with E-state index in [1.165, 1.54) is 30.3 Å². The van der Waals surface area contributed by atoms with Gasteiger partial charge >= 0.3 is 6.36 Å². The molecule has 0 atom stereocenters. The number of aromatic nitrogens is 2. The summed E-state index contributed by atoms with van der Waals surface area (Å²) in [4.78, 5) is 14.2. The van der Waals surface area contributed by atoms with Gasteiger partial charge in [-0.05, 0) is 31.0 Å². The lowest BCUT2D eigenvalue weighted by molar-refractivity contribution is -0.274. The van der Waals surface area contributed by atoms with E-state index in [0.717, 1.165) is 18.2 Å². The zero-order chi connectivity index (χ0) is 17.3. The van der Waals surface area contributed by atoms with Gasteiger partial charge in [-0.3, -0.25) is 9.89 Å². The van der Waals surface area contributed by atoms with Gasteiger partial charge in [0.25, 0.3) is 5.91 Å². The highest BCUT2D eigenvalue weighted by Gasteiger charge is 2.34. The minimum Gasteiger partial charge on any atom is -0.497 e. The average molecular weight is 341 g/mol. The molecule has 0 fully saturated rings. The van der Waals surface area contributed by atoms with Crippen LogP contribution >= 0.6 is 0 Å². The lowest BCUT2D eigenvalue weighted by Gasteiger charge is -2.27. The van der Waals surface area contributed by atoms with Crippen LogP contribution in [0.1, 0.15) is 22.5 Å². The SMILES string of the molecule is COc1ccc(OC(F)(F)F)c(C(=O)N2CCCc3[nH]ncc32)c1. The fraction of sp³-hybridized carbons (Fsp3) is 0.333. The molecule has 24 heavy (non-hydrogen) atoms. The van der Waals surface area contributed by atoms with Crippen molar-refractivity contribution in [1.82, 2.24) is 10.2 Å². The molecule has 2 heterocycles. The Morgan fingerprint density at radius 2 is 2.17 bits per heavy atom. The molecule has 0 spiro atoms. The lowest BCUT2D eigenvalue weighted by atomic mass is 10.1.